The van der Waals surface area contributed by atoms with Crippen LogP contribution in [0.1, 0.15) is 22.7 Å². The van der Waals surface area contributed by atoms with E-state index >= 15 is 0 Å². The van der Waals surface area contributed by atoms with E-state index in [9.17, 15) is 4.39 Å². The minimum absolute atomic E-state index is 0.337. The third kappa shape index (κ3) is 2.85. The van der Waals surface area contributed by atoms with E-state index in [4.69, 9.17) is 4.52 Å². The summed E-state index contributed by atoms with van der Waals surface area (Å²) < 4.78 is 23.1. The maximum atomic E-state index is 14.0. The third-order valence-electron chi connectivity index (χ3n) is 5.52. The Balaban J connectivity index is 1.44. The molecule has 8 nitrogen and oxygen atoms in total. The molecule has 1 aliphatic heterocycles. The van der Waals surface area contributed by atoms with Crippen LogP contribution in [0.2, 0.25) is 0 Å². The highest BCUT2D eigenvalue weighted by Crippen LogP contribution is 2.33. The molecule has 0 spiro atoms. The zero-order valence-corrected chi connectivity index (χ0v) is 16.5. The van der Waals surface area contributed by atoms with Gasteiger partial charge in [0.05, 0.1) is 24.3 Å². The van der Waals surface area contributed by atoms with Crippen LogP contribution in [0.4, 0.5) is 4.39 Å². The fourth-order valence-electron chi connectivity index (χ4n) is 3.94. The first-order valence-electron chi connectivity index (χ1n) is 9.79. The molecule has 152 valence electrons. The van der Waals surface area contributed by atoms with Crippen LogP contribution in [0.3, 0.4) is 0 Å². The summed E-state index contributed by atoms with van der Waals surface area (Å²) in [6.07, 6.45) is 3.70. The van der Waals surface area contributed by atoms with Gasteiger partial charge < -0.3 is 4.52 Å². The van der Waals surface area contributed by atoms with Crippen molar-refractivity contribution in [1.82, 2.24) is 34.5 Å². The molecule has 0 fully saturated rings. The van der Waals surface area contributed by atoms with Crippen LogP contribution in [0.5, 0.6) is 0 Å². The zero-order valence-electron chi connectivity index (χ0n) is 16.5. The molecule has 0 saturated carbocycles. The van der Waals surface area contributed by atoms with Gasteiger partial charge in [0.15, 0.2) is 5.82 Å². The van der Waals surface area contributed by atoms with E-state index in [1.165, 1.54) is 24.0 Å². The summed E-state index contributed by atoms with van der Waals surface area (Å²) in [5, 5.41) is 8.48. The Morgan fingerprint density at radius 3 is 2.94 bits per heavy atom. The Morgan fingerprint density at radius 1 is 1.13 bits per heavy atom. The number of hydrogen-bond donors (Lipinski definition) is 0. The monoisotopic (exact) mass is 413 g/mol. The number of hydrogen-bond acceptors (Lipinski definition) is 6. The van der Waals surface area contributed by atoms with Gasteiger partial charge in [0.25, 0.3) is 0 Å². The average Bonchev–Trinajstić information content (AvgIpc) is 3.49. The molecule has 0 radical (unpaired) electrons. The lowest BCUT2D eigenvalue weighted by Crippen LogP contribution is -2.06. The molecule has 1 aliphatic rings. The topological polar surface area (TPSA) is 87.5 Å². The molecule has 0 atom stereocenters. The zero-order chi connectivity index (χ0) is 20.9. The summed E-state index contributed by atoms with van der Waals surface area (Å²) in [5.74, 6) is 1.18. The molecule has 9 heteroatoms. The van der Waals surface area contributed by atoms with Crippen molar-refractivity contribution in [3.05, 3.63) is 83.6 Å². The third-order valence-corrected chi connectivity index (χ3v) is 5.52. The van der Waals surface area contributed by atoms with Gasteiger partial charge >= 0.3 is 0 Å². The van der Waals surface area contributed by atoms with Crippen LogP contribution < -0.4 is 0 Å². The van der Waals surface area contributed by atoms with Crippen molar-refractivity contribution < 1.29 is 8.91 Å². The van der Waals surface area contributed by atoms with Crippen LogP contribution in [-0.2, 0) is 13.0 Å². The number of fused-ring (bicyclic) bond motifs is 5. The largest absolute Gasteiger partial charge is 0.339 e. The highest BCUT2D eigenvalue weighted by Gasteiger charge is 2.26. The second kappa shape index (κ2) is 6.69. The predicted octanol–water partition coefficient (Wildman–Crippen LogP) is 3.58. The van der Waals surface area contributed by atoms with Crippen molar-refractivity contribution in [2.75, 3.05) is 0 Å². The van der Waals surface area contributed by atoms with Gasteiger partial charge in [-0.3, -0.25) is 4.57 Å². The molecule has 31 heavy (non-hydrogen) atoms. The second-order valence-corrected chi connectivity index (χ2v) is 7.43. The van der Waals surface area contributed by atoms with Gasteiger partial charge in [-0.25, -0.2) is 19.0 Å². The van der Waals surface area contributed by atoms with E-state index in [-0.39, 0.29) is 5.82 Å². The molecule has 4 heterocycles. The van der Waals surface area contributed by atoms with E-state index in [2.05, 4.69) is 38.2 Å². The smallest absolute Gasteiger partial charge is 0.231 e. The molecule has 2 aromatic carbocycles. The fourth-order valence-corrected chi connectivity index (χ4v) is 3.94. The Bertz CT molecular complexity index is 1430. The highest BCUT2D eigenvalue weighted by atomic mass is 19.1. The Hall–Kier alpha value is -4.14. The number of rotatable bonds is 3. The van der Waals surface area contributed by atoms with Gasteiger partial charge in [-0.05, 0) is 36.2 Å². The van der Waals surface area contributed by atoms with Gasteiger partial charge in [0, 0.05) is 5.56 Å². The van der Waals surface area contributed by atoms with Crippen LogP contribution >= 0.6 is 0 Å². The molecule has 0 amide bonds. The standard InChI is InChI=1S/C22H16FN7O/c1-13-4-2-3-5-14(13)8-19-27-21(28-31-19)20-18-10-30-22(24-11-26-30)16-9-15(23)6-7-17(16)29(18)12-25-20/h2-7,9,11-12H,8,10H2,1H3. The van der Waals surface area contributed by atoms with Crippen molar-refractivity contribution >= 4 is 0 Å². The van der Waals surface area contributed by atoms with Crippen molar-refractivity contribution in [2.24, 2.45) is 0 Å². The van der Waals surface area contributed by atoms with E-state index in [1.54, 1.807) is 17.1 Å². The average molecular weight is 413 g/mol. The SMILES string of the molecule is Cc1ccccc1Cc1nc(-c2ncn3c2Cn2ncnc2-c2cc(F)ccc2-3)no1. The van der Waals surface area contributed by atoms with Gasteiger partial charge in [-0.1, -0.05) is 29.4 Å². The predicted molar refractivity (Wildman–Crippen MR) is 109 cm³/mol. The van der Waals surface area contributed by atoms with Crippen LogP contribution in [-0.4, -0.2) is 34.5 Å². The van der Waals surface area contributed by atoms with Gasteiger partial charge in [-0.2, -0.15) is 10.1 Å². The van der Waals surface area contributed by atoms with E-state index in [1.807, 2.05) is 22.8 Å². The quantitative estimate of drug-likeness (QED) is 0.441. The molecule has 0 saturated heterocycles. The minimum atomic E-state index is -0.337. The van der Waals surface area contributed by atoms with E-state index < -0.39 is 0 Å². The minimum Gasteiger partial charge on any atom is -0.339 e. The highest BCUT2D eigenvalue weighted by molar-refractivity contribution is 5.70. The number of nitrogens with zero attached hydrogens (tertiary/aromatic N) is 7. The Kier molecular flexibility index (Phi) is 3.82. The first-order valence-corrected chi connectivity index (χ1v) is 9.79. The normalized spacial score (nSPS) is 12.2. The molecule has 6 rings (SSSR count). The van der Waals surface area contributed by atoms with Crippen LogP contribution in [0.15, 0.2) is 59.6 Å². The maximum Gasteiger partial charge on any atom is 0.231 e. The molecule has 0 aliphatic carbocycles. The van der Waals surface area contributed by atoms with E-state index in [0.29, 0.717) is 41.8 Å². The molecular formula is C22H16FN7O. The molecule has 3 aromatic heterocycles. The first-order chi connectivity index (χ1) is 15.2. The number of imidazole rings is 1. The summed E-state index contributed by atoms with van der Waals surface area (Å²) >= 11 is 0. The van der Waals surface area contributed by atoms with E-state index in [0.717, 1.165) is 16.9 Å². The van der Waals surface area contributed by atoms with Crippen molar-refractivity contribution in [3.63, 3.8) is 0 Å². The number of aryl methyl sites for hydroxylation is 1. The lowest BCUT2D eigenvalue weighted by atomic mass is 10.1. The van der Waals surface area contributed by atoms with Crippen molar-refractivity contribution in [2.45, 2.75) is 19.9 Å². The molecule has 0 N–H and O–H groups in total. The number of benzene rings is 2. The number of halogens is 1. The van der Waals surface area contributed by atoms with Gasteiger partial charge in [0.1, 0.15) is 24.2 Å². The van der Waals surface area contributed by atoms with Crippen molar-refractivity contribution in [1.29, 1.82) is 0 Å². The maximum absolute atomic E-state index is 14.0. The van der Waals surface area contributed by atoms with Gasteiger partial charge in [-0.15, -0.1) is 0 Å². The van der Waals surface area contributed by atoms with Crippen molar-refractivity contribution in [3.8, 4) is 28.6 Å². The van der Waals surface area contributed by atoms with Crippen LogP contribution in [0, 0.1) is 12.7 Å². The molecule has 0 unspecified atom stereocenters. The lowest BCUT2D eigenvalue weighted by Gasteiger charge is -2.08. The van der Waals surface area contributed by atoms with Gasteiger partial charge in [0.2, 0.25) is 11.7 Å². The summed E-state index contributed by atoms with van der Waals surface area (Å²) in [6, 6.07) is 12.7. The second-order valence-electron chi connectivity index (χ2n) is 7.43. The summed E-state index contributed by atoms with van der Waals surface area (Å²) in [6.45, 7) is 2.44. The first kappa shape index (κ1) is 17.7. The molecule has 0 bridgehead atoms. The Labute approximate surface area is 176 Å². The summed E-state index contributed by atoms with van der Waals surface area (Å²) in [4.78, 5) is 13.5. The number of aromatic nitrogens is 7. The summed E-state index contributed by atoms with van der Waals surface area (Å²) in [7, 11) is 0. The Morgan fingerprint density at radius 2 is 2.03 bits per heavy atom. The molecular weight excluding hydrogens is 397 g/mol. The molecule has 5 aromatic rings. The van der Waals surface area contributed by atoms with Crippen LogP contribution in [0.25, 0.3) is 28.6 Å². The summed E-state index contributed by atoms with van der Waals surface area (Å²) in [5.41, 5.74) is 5.13. The fraction of sp³-hybridized carbons (Fsp3) is 0.136. The lowest BCUT2D eigenvalue weighted by molar-refractivity contribution is 0.385.